The largest absolute Gasteiger partial charge is 0.543 e. The van der Waals surface area contributed by atoms with Gasteiger partial charge in [-0.25, -0.2) is 9.36 Å². The molecule has 2 unspecified atom stereocenters. The van der Waals surface area contributed by atoms with Crippen molar-refractivity contribution in [3.05, 3.63) is 35.4 Å². The van der Waals surface area contributed by atoms with Gasteiger partial charge in [-0.15, -0.1) is 11.8 Å². The summed E-state index contributed by atoms with van der Waals surface area (Å²) in [4.78, 5) is 65.8. The number of nitrogens with one attached hydrogen (secondary N) is 2. The normalized spacial score (nSPS) is 20.4. The lowest BCUT2D eigenvalue weighted by molar-refractivity contribution is -0.664. The van der Waals surface area contributed by atoms with Gasteiger partial charge in [-0.2, -0.15) is 9.36 Å². The molecule has 5 heterocycles. The molecule has 2 atom stereocenters. The second kappa shape index (κ2) is 12.8. The van der Waals surface area contributed by atoms with Crippen LogP contribution in [-0.4, -0.2) is 94.7 Å². The SMILES string of the molecule is CNCCCn1c(N)nc2c1ccc[n+]2CC1=C(C(=O)[O-])N2C(=O)C(NC(=O)/C(=N\OC3(C(=O)O)CCC3)c3nsc(N)n3)C2SC1. The zero-order valence-corrected chi connectivity index (χ0v) is 26.7. The fourth-order valence-electron chi connectivity index (χ4n) is 5.63. The molecule has 3 aromatic heterocycles. The summed E-state index contributed by atoms with van der Waals surface area (Å²) in [5.74, 6) is -4.04. The molecule has 2 fully saturated rings. The number of β-lactam (4-membered cyclic amide) rings is 1. The van der Waals surface area contributed by atoms with Crippen LogP contribution < -0.4 is 31.8 Å². The maximum atomic E-state index is 13.4. The number of carbonyl (C=O) groups excluding carboxylic acids is 3. The molecule has 2 aliphatic heterocycles. The first-order valence-electron chi connectivity index (χ1n) is 14.6. The van der Waals surface area contributed by atoms with Crippen molar-refractivity contribution in [2.24, 2.45) is 5.16 Å². The lowest BCUT2D eigenvalue weighted by atomic mass is 9.80. The molecule has 47 heavy (non-hydrogen) atoms. The molecule has 248 valence electrons. The second-order valence-electron chi connectivity index (χ2n) is 11.2. The van der Waals surface area contributed by atoms with Crippen molar-refractivity contribution in [3.8, 4) is 0 Å². The van der Waals surface area contributed by atoms with Crippen LogP contribution in [-0.2, 0) is 37.1 Å². The second-order valence-corrected chi connectivity index (χ2v) is 13.1. The number of hydrogen-bond acceptors (Lipinski definition) is 15. The zero-order chi connectivity index (χ0) is 33.5. The van der Waals surface area contributed by atoms with Crippen LogP contribution in [0.5, 0.6) is 0 Å². The zero-order valence-electron chi connectivity index (χ0n) is 25.0. The third-order valence-electron chi connectivity index (χ3n) is 8.24. The summed E-state index contributed by atoms with van der Waals surface area (Å²) < 4.78 is 7.64. The summed E-state index contributed by atoms with van der Waals surface area (Å²) in [5.41, 5.74) is 11.3. The van der Waals surface area contributed by atoms with Crippen LogP contribution >= 0.6 is 23.3 Å². The van der Waals surface area contributed by atoms with E-state index in [4.69, 9.17) is 16.3 Å². The number of nitrogen functional groups attached to an aromatic ring is 2. The van der Waals surface area contributed by atoms with Gasteiger partial charge < -0.3 is 41.9 Å². The Labute approximate surface area is 275 Å². The number of hydrogen-bond donors (Lipinski definition) is 5. The lowest BCUT2D eigenvalue weighted by Gasteiger charge is -2.50. The summed E-state index contributed by atoms with van der Waals surface area (Å²) in [7, 11) is 1.86. The molecular formula is C27H31N11O7S2. The van der Waals surface area contributed by atoms with E-state index in [1.54, 1.807) is 10.8 Å². The predicted molar refractivity (Wildman–Crippen MR) is 166 cm³/mol. The van der Waals surface area contributed by atoms with Crippen LogP contribution in [0.25, 0.3) is 11.2 Å². The summed E-state index contributed by atoms with van der Waals surface area (Å²) in [6, 6.07) is 2.56. The number of amides is 2. The Hall–Kier alpha value is -4.82. The van der Waals surface area contributed by atoms with Crippen molar-refractivity contribution in [3.63, 3.8) is 0 Å². The molecule has 1 saturated heterocycles. The summed E-state index contributed by atoms with van der Waals surface area (Å²) in [6.07, 6.45) is 3.58. The number of carboxylic acid groups (broad SMARTS) is 2. The highest BCUT2D eigenvalue weighted by Crippen LogP contribution is 2.40. The molecule has 1 saturated carbocycles. The number of imidazole rings is 1. The molecule has 1 aliphatic carbocycles. The Balaban J connectivity index is 1.22. The van der Waals surface area contributed by atoms with Gasteiger partial charge in [-0.05, 0) is 43.6 Å². The highest BCUT2D eigenvalue weighted by molar-refractivity contribution is 8.00. The Kier molecular flexibility index (Phi) is 8.72. The molecule has 0 bridgehead atoms. The molecule has 0 aromatic carbocycles. The van der Waals surface area contributed by atoms with Crippen molar-refractivity contribution in [2.75, 3.05) is 30.8 Å². The summed E-state index contributed by atoms with van der Waals surface area (Å²) >= 11 is 2.05. The van der Waals surface area contributed by atoms with Crippen molar-refractivity contribution < 1.29 is 38.8 Å². The number of pyridine rings is 1. The van der Waals surface area contributed by atoms with Gasteiger partial charge in [0.15, 0.2) is 5.13 Å². The molecule has 7 N–H and O–H groups in total. The van der Waals surface area contributed by atoms with Gasteiger partial charge in [0, 0.05) is 42.2 Å². The number of oxime groups is 1. The number of anilines is 2. The number of aromatic nitrogens is 5. The molecule has 20 heteroatoms. The van der Waals surface area contributed by atoms with E-state index in [1.165, 1.54) is 11.8 Å². The molecule has 0 spiro atoms. The number of thioether (sulfide) groups is 1. The number of rotatable bonds is 13. The maximum absolute atomic E-state index is 13.4. The number of aryl methyl sites for hydroxylation is 1. The molecule has 6 rings (SSSR count). The van der Waals surface area contributed by atoms with Crippen molar-refractivity contribution in [1.82, 2.24) is 34.4 Å². The first kappa shape index (κ1) is 32.1. The molecule has 2 amide bonds. The van der Waals surface area contributed by atoms with Crippen LogP contribution in [0.4, 0.5) is 11.1 Å². The van der Waals surface area contributed by atoms with Crippen molar-refractivity contribution >= 4 is 75.0 Å². The van der Waals surface area contributed by atoms with E-state index in [1.807, 2.05) is 23.7 Å². The van der Waals surface area contributed by atoms with E-state index in [9.17, 15) is 29.4 Å². The Morgan fingerprint density at radius 1 is 1.30 bits per heavy atom. The minimum atomic E-state index is -1.58. The molecule has 3 aromatic rings. The van der Waals surface area contributed by atoms with E-state index in [0.29, 0.717) is 30.1 Å². The molecule has 3 aliphatic rings. The minimum absolute atomic E-state index is 0.0268. The topological polar surface area (TPSA) is 260 Å². The number of carbonyl (C=O) groups is 4. The van der Waals surface area contributed by atoms with Gasteiger partial charge in [0.25, 0.3) is 11.8 Å². The van der Waals surface area contributed by atoms with Crippen molar-refractivity contribution in [1.29, 1.82) is 0 Å². The van der Waals surface area contributed by atoms with Crippen LogP contribution in [0.1, 0.15) is 31.5 Å². The van der Waals surface area contributed by atoms with Gasteiger partial charge in [0.1, 0.15) is 23.5 Å². The summed E-state index contributed by atoms with van der Waals surface area (Å²) in [5, 5.41) is 30.7. The maximum Gasteiger partial charge on any atom is 0.351 e. The number of carboxylic acids is 2. The van der Waals surface area contributed by atoms with Crippen LogP contribution in [0.15, 0.2) is 34.8 Å². The Bertz CT molecular complexity index is 1830. The fourth-order valence-corrected chi connectivity index (χ4v) is 7.40. The molecule has 18 nitrogen and oxygen atoms in total. The van der Waals surface area contributed by atoms with E-state index in [0.717, 1.165) is 34.9 Å². The average Bonchev–Trinajstić information content (AvgIpc) is 3.59. The average molecular weight is 686 g/mol. The van der Waals surface area contributed by atoms with Gasteiger partial charge in [-0.1, -0.05) is 5.16 Å². The monoisotopic (exact) mass is 685 g/mol. The Morgan fingerprint density at radius 3 is 2.72 bits per heavy atom. The van der Waals surface area contributed by atoms with Gasteiger partial charge in [0.2, 0.25) is 17.1 Å². The first-order valence-corrected chi connectivity index (χ1v) is 16.4. The number of fused-ring (bicyclic) bond motifs is 2. The standard InChI is InChI=1S/C27H31N11O7S2/c1-30-8-4-10-37-14-5-2-9-36(19(14)33-25(37)28)11-13-12-46-22-16(21(40)38(22)17(13)23(41)42)31-20(39)15(18-32-26(29)47-35-18)34-45-27(24(43)44)6-3-7-27/h2,5,9,16,22,28,30H,3-4,6-8,10-12H2,1H3,(H5,29,31,32,35,39,41,42,43,44)/b34-15-. The highest BCUT2D eigenvalue weighted by Gasteiger charge is 2.54. The molecule has 0 radical (unpaired) electrons. The van der Waals surface area contributed by atoms with E-state index >= 15 is 0 Å². The highest BCUT2D eigenvalue weighted by atomic mass is 32.2. The van der Waals surface area contributed by atoms with Crippen LogP contribution in [0.3, 0.4) is 0 Å². The minimum Gasteiger partial charge on any atom is -0.543 e. The third-order valence-corrected chi connectivity index (χ3v) is 10.1. The fraction of sp³-hybridized carbons (Fsp3) is 0.444. The van der Waals surface area contributed by atoms with E-state index < -0.39 is 46.5 Å². The smallest absolute Gasteiger partial charge is 0.351 e. The quantitative estimate of drug-likeness (QED) is 0.0420. The van der Waals surface area contributed by atoms with Crippen molar-refractivity contribution in [2.45, 2.75) is 55.8 Å². The summed E-state index contributed by atoms with van der Waals surface area (Å²) in [6.45, 7) is 1.53. The van der Waals surface area contributed by atoms with Gasteiger partial charge in [0.05, 0.1) is 17.9 Å². The van der Waals surface area contributed by atoms with Crippen LogP contribution in [0, 0.1) is 0 Å². The third kappa shape index (κ3) is 5.82. The first-order chi connectivity index (χ1) is 22.5. The number of nitrogens with zero attached hydrogens (tertiary/aromatic N) is 7. The van der Waals surface area contributed by atoms with E-state index in [-0.39, 0.29) is 41.8 Å². The predicted octanol–water partition coefficient (Wildman–Crippen LogP) is -2.22. The van der Waals surface area contributed by atoms with Gasteiger partial charge in [-0.3, -0.25) is 19.1 Å². The molecular weight excluding hydrogens is 655 g/mol. The van der Waals surface area contributed by atoms with E-state index in [2.05, 4.69) is 30.1 Å². The number of nitrogens with two attached hydrogens (primary N) is 2. The number of aliphatic carboxylic acids is 2. The van der Waals surface area contributed by atoms with Gasteiger partial charge >= 0.3 is 17.6 Å². The lowest BCUT2D eigenvalue weighted by Crippen LogP contribution is -2.71. The van der Waals surface area contributed by atoms with Crippen LogP contribution in [0.2, 0.25) is 0 Å². The Morgan fingerprint density at radius 2 is 2.09 bits per heavy atom.